The number of rotatable bonds is 3. The second-order valence-electron chi connectivity index (χ2n) is 3.75. The normalized spacial score (nSPS) is 20.5. The number of nitrogens with two attached hydrogens (primary N) is 1. The van der Waals surface area contributed by atoms with Gasteiger partial charge in [-0.2, -0.15) is 11.8 Å². The predicted molar refractivity (Wildman–Crippen MR) is 69.8 cm³/mol. The highest BCUT2D eigenvalue weighted by atomic mass is 35.5. The zero-order valence-electron chi connectivity index (χ0n) is 8.50. The standard InChI is InChI=1S/C11H15ClN2S/c12-8-3-4-10(13)11(6-8)14-7-9-2-1-5-15-9/h3-4,6,9,14H,1-2,5,7,13H2. The maximum atomic E-state index is 5.91. The molecular weight excluding hydrogens is 228 g/mol. The Kier molecular flexibility index (Phi) is 3.65. The third-order valence-electron chi connectivity index (χ3n) is 2.56. The Bertz CT molecular complexity index is 337. The van der Waals surface area contributed by atoms with Crippen molar-refractivity contribution < 1.29 is 0 Å². The molecule has 3 N–H and O–H groups in total. The molecule has 2 nitrogen and oxygen atoms in total. The van der Waals surface area contributed by atoms with Gasteiger partial charge in [0, 0.05) is 16.8 Å². The van der Waals surface area contributed by atoms with Crippen molar-refractivity contribution in [3.63, 3.8) is 0 Å². The van der Waals surface area contributed by atoms with E-state index in [-0.39, 0.29) is 0 Å². The van der Waals surface area contributed by atoms with Crippen molar-refractivity contribution in [3.8, 4) is 0 Å². The van der Waals surface area contributed by atoms with Crippen LogP contribution in [0.25, 0.3) is 0 Å². The maximum absolute atomic E-state index is 5.91. The molecule has 1 fully saturated rings. The summed E-state index contributed by atoms with van der Waals surface area (Å²) in [5.74, 6) is 1.29. The SMILES string of the molecule is Nc1ccc(Cl)cc1NCC1CCCS1. The lowest BCUT2D eigenvalue weighted by atomic mass is 10.2. The van der Waals surface area contributed by atoms with E-state index in [1.54, 1.807) is 0 Å². The van der Waals surface area contributed by atoms with Crippen molar-refractivity contribution >= 4 is 34.7 Å². The van der Waals surface area contributed by atoms with E-state index >= 15 is 0 Å². The van der Waals surface area contributed by atoms with Crippen LogP contribution in [0.15, 0.2) is 18.2 Å². The molecule has 1 heterocycles. The van der Waals surface area contributed by atoms with Gasteiger partial charge in [0.2, 0.25) is 0 Å². The molecule has 1 atom stereocenters. The van der Waals surface area contributed by atoms with Crippen molar-refractivity contribution in [1.82, 2.24) is 0 Å². The monoisotopic (exact) mass is 242 g/mol. The maximum Gasteiger partial charge on any atom is 0.0589 e. The van der Waals surface area contributed by atoms with Crippen LogP contribution in [0.4, 0.5) is 11.4 Å². The number of nitrogens with one attached hydrogen (secondary N) is 1. The van der Waals surface area contributed by atoms with Crippen LogP contribution in [0.5, 0.6) is 0 Å². The first kappa shape index (κ1) is 11.0. The van der Waals surface area contributed by atoms with Crippen molar-refractivity contribution in [2.24, 2.45) is 0 Å². The minimum atomic E-state index is 0.725. The summed E-state index contributed by atoms with van der Waals surface area (Å²) >= 11 is 7.95. The molecule has 1 aliphatic heterocycles. The summed E-state index contributed by atoms with van der Waals surface area (Å²) < 4.78 is 0. The summed E-state index contributed by atoms with van der Waals surface area (Å²) in [5.41, 5.74) is 7.57. The molecule has 0 spiro atoms. The van der Waals surface area contributed by atoms with Crippen molar-refractivity contribution in [3.05, 3.63) is 23.2 Å². The molecular formula is C11H15ClN2S. The summed E-state index contributed by atoms with van der Waals surface area (Å²) in [7, 11) is 0. The number of thioether (sulfide) groups is 1. The van der Waals surface area contributed by atoms with E-state index in [4.69, 9.17) is 17.3 Å². The molecule has 0 radical (unpaired) electrons. The highest BCUT2D eigenvalue weighted by molar-refractivity contribution is 8.00. The fraction of sp³-hybridized carbons (Fsp3) is 0.455. The van der Waals surface area contributed by atoms with Gasteiger partial charge in [0.1, 0.15) is 0 Å². The molecule has 1 aliphatic rings. The van der Waals surface area contributed by atoms with Crippen LogP contribution in [-0.4, -0.2) is 17.5 Å². The van der Waals surface area contributed by atoms with Crippen LogP contribution in [-0.2, 0) is 0 Å². The average Bonchev–Trinajstić information content (AvgIpc) is 2.72. The zero-order valence-corrected chi connectivity index (χ0v) is 10.1. The van der Waals surface area contributed by atoms with E-state index in [1.807, 2.05) is 30.0 Å². The fourth-order valence-electron chi connectivity index (χ4n) is 1.71. The second-order valence-corrected chi connectivity index (χ2v) is 5.59. The molecule has 1 aromatic rings. The van der Waals surface area contributed by atoms with Gasteiger partial charge in [0.15, 0.2) is 0 Å². The molecule has 0 saturated carbocycles. The number of anilines is 2. The molecule has 2 rings (SSSR count). The van der Waals surface area contributed by atoms with Crippen LogP contribution >= 0.6 is 23.4 Å². The molecule has 1 unspecified atom stereocenters. The number of nitrogen functional groups attached to an aromatic ring is 1. The first-order valence-electron chi connectivity index (χ1n) is 5.16. The Morgan fingerprint density at radius 2 is 2.40 bits per heavy atom. The lowest BCUT2D eigenvalue weighted by Gasteiger charge is -2.13. The van der Waals surface area contributed by atoms with Crippen molar-refractivity contribution in [1.29, 1.82) is 0 Å². The largest absolute Gasteiger partial charge is 0.397 e. The smallest absolute Gasteiger partial charge is 0.0589 e. The third-order valence-corrected chi connectivity index (χ3v) is 4.19. The van der Waals surface area contributed by atoms with Crippen LogP contribution < -0.4 is 11.1 Å². The Morgan fingerprint density at radius 3 is 3.13 bits per heavy atom. The minimum Gasteiger partial charge on any atom is -0.397 e. The fourth-order valence-corrected chi connectivity index (χ4v) is 3.08. The van der Waals surface area contributed by atoms with E-state index in [9.17, 15) is 0 Å². The molecule has 1 saturated heterocycles. The highest BCUT2D eigenvalue weighted by Gasteiger charge is 2.15. The third kappa shape index (κ3) is 2.95. The van der Waals surface area contributed by atoms with Crippen LogP contribution in [0, 0.1) is 0 Å². The topological polar surface area (TPSA) is 38.0 Å². The molecule has 0 amide bonds. The average molecular weight is 243 g/mol. The molecule has 1 aromatic carbocycles. The van der Waals surface area contributed by atoms with Gasteiger partial charge < -0.3 is 11.1 Å². The Hall–Kier alpha value is -0.540. The van der Waals surface area contributed by atoms with Crippen LogP contribution in [0.3, 0.4) is 0 Å². The summed E-state index contributed by atoms with van der Waals surface area (Å²) in [5, 5.41) is 4.82. The van der Waals surface area contributed by atoms with Gasteiger partial charge in [-0.1, -0.05) is 11.6 Å². The van der Waals surface area contributed by atoms with Crippen LogP contribution in [0.1, 0.15) is 12.8 Å². The Morgan fingerprint density at radius 1 is 1.53 bits per heavy atom. The summed E-state index contributed by atoms with van der Waals surface area (Å²) in [6.45, 7) is 0.981. The molecule has 82 valence electrons. The van der Waals surface area contributed by atoms with Crippen molar-refractivity contribution in [2.75, 3.05) is 23.3 Å². The van der Waals surface area contributed by atoms with Crippen molar-refractivity contribution in [2.45, 2.75) is 18.1 Å². The Labute approximate surface area is 99.6 Å². The lowest BCUT2D eigenvalue weighted by Crippen LogP contribution is -2.14. The van der Waals surface area contributed by atoms with Gasteiger partial charge in [-0.25, -0.2) is 0 Å². The first-order chi connectivity index (χ1) is 7.25. The van der Waals surface area contributed by atoms with Gasteiger partial charge in [-0.3, -0.25) is 0 Å². The zero-order chi connectivity index (χ0) is 10.7. The molecule has 0 bridgehead atoms. The van der Waals surface area contributed by atoms with E-state index in [0.29, 0.717) is 0 Å². The summed E-state index contributed by atoms with van der Waals surface area (Å²) in [4.78, 5) is 0. The number of halogens is 1. The summed E-state index contributed by atoms with van der Waals surface area (Å²) in [6, 6.07) is 5.54. The van der Waals surface area contributed by atoms with Gasteiger partial charge in [-0.15, -0.1) is 0 Å². The van der Waals surface area contributed by atoms with Gasteiger partial charge in [0.25, 0.3) is 0 Å². The highest BCUT2D eigenvalue weighted by Crippen LogP contribution is 2.28. The van der Waals surface area contributed by atoms with E-state index in [1.165, 1.54) is 18.6 Å². The van der Waals surface area contributed by atoms with E-state index < -0.39 is 0 Å². The second kappa shape index (κ2) is 4.99. The number of benzene rings is 1. The van der Waals surface area contributed by atoms with E-state index in [0.717, 1.165) is 28.2 Å². The van der Waals surface area contributed by atoms with Gasteiger partial charge >= 0.3 is 0 Å². The summed E-state index contributed by atoms with van der Waals surface area (Å²) in [6.07, 6.45) is 2.64. The lowest BCUT2D eigenvalue weighted by molar-refractivity contribution is 0.806. The van der Waals surface area contributed by atoms with Gasteiger partial charge in [0.05, 0.1) is 11.4 Å². The van der Waals surface area contributed by atoms with Crippen LogP contribution in [0.2, 0.25) is 5.02 Å². The molecule has 0 aliphatic carbocycles. The van der Waals surface area contributed by atoms with Gasteiger partial charge in [-0.05, 0) is 36.8 Å². The molecule has 0 aromatic heterocycles. The quantitative estimate of drug-likeness (QED) is 0.800. The first-order valence-corrected chi connectivity index (χ1v) is 6.59. The number of hydrogen-bond acceptors (Lipinski definition) is 3. The molecule has 4 heteroatoms. The molecule has 15 heavy (non-hydrogen) atoms. The Balaban J connectivity index is 1.94. The number of hydrogen-bond donors (Lipinski definition) is 2. The minimum absolute atomic E-state index is 0.725. The van der Waals surface area contributed by atoms with E-state index in [2.05, 4.69) is 5.32 Å². The predicted octanol–water partition coefficient (Wildman–Crippen LogP) is 3.23.